The minimum atomic E-state index is -0.355. The molecule has 0 bridgehead atoms. The Balaban J connectivity index is 2.32. The molecule has 0 spiro atoms. The molecule has 0 atom stereocenters. The molecule has 0 aromatic carbocycles. The molecule has 1 aliphatic heterocycles. The molecule has 1 fully saturated rings. The molecule has 3 heterocycles. The molecular weight excluding hydrogens is 308 g/mol. The van der Waals surface area contributed by atoms with Gasteiger partial charge in [-0.05, 0) is 13.8 Å². The maximum atomic E-state index is 12.7. The maximum absolute atomic E-state index is 12.7. The zero-order valence-electron chi connectivity index (χ0n) is 14.7. The molecule has 130 valence electrons. The summed E-state index contributed by atoms with van der Waals surface area (Å²) in [6.45, 7) is 8.00. The van der Waals surface area contributed by atoms with Crippen molar-refractivity contribution in [1.29, 1.82) is 0 Å². The summed E-state index contributed by atoms with van der Waals surface area (Å²) in [7, 11) is 3.17. The van der Waals surface area contributed by atoms with Gasteiger partial charge in [0.05, 0.1) is 0 Å². The molecule has 0 saturated carbocycles. The van der Waals surface area contributed by atoms with Gasteiger partial charge in [0.15, 0.2) is 11.2 Å². The average Bonchev–Trinajstić information content (AvgIpc) is 2.98. The van der Waals surface area contributed by atoms with Gasteiger partial charge in [-0.1, -0.05) is 11.6 Å². The van der Waals surface area contributed by atoms with Gasteiger partial charge in [0.25, 0.3) is 5.56 Å². The molecule has 1 N–H and O–H groups in total. The first kappa shape index (κ1) is 16.5. The summed E-state index contributed by atoms with van der Waals surface area (Å²) in [6.07, 6.45) is 2.03. The van der Waals surface area contributed by atoms with E-state index < -0.39 is 0 Å². The second-order valence-electron chi connectivity index (χ2n) is 6.25. The van der Waals surface area contributed by atoms with Gasteiger partial charge >= 0.3 is 5.69 Å². The first-order valence-corrected chi connectivity index (χ1v) is 8.19. The van der Waals surface area contributed by atoms with E-state index in [2.05, 4.69) is 15.2 Å². The van der Waals surface area contributed by atoms with Crippen LogP contribution in [0.3, 0.4) is 0 Å². The summed E-state index contributed by atoms with van der Waals surface area (Å²) in [5.74, 6) is 0.756. The van der Waals surface area contributed by atoms with Crippen LogP contribution in [0.25, 0.3) is 11.2 Å². The highest BCUT2D eigenvalue weighted by Gasteiger charge is 2.23. The fraction of sp³-hybridized carbons (Fsp3) is 0.562. The third-order valence-electron chi connectivity index (χ3n) is 4.63. The lowest BCUT2D eigenvalue weighted by Crippen LogP contribution is -2.44. The summed E-state index contributed by atoms with van der Waals surface area (Å²) in [5.41, 5.74) is 1.41. The molecule has 0 amide bonds. The van der Waals surface area contributed by atoms with E-state index in [1.165, 1.54) is 11.6 Å². The maximum Gasteiger partial charge on any atom is 0.332 e. The molecule has 1 saturated heterocycles. The zero-order chi connectivity index (χ0) is 17.4. The van der Waals surface area contributed by atoms with Crippen LogP contribution in [-0.4, -0.2) is 44.9 Å². The van der Waals surface area contributed by atoms with Crippen molar-refractivity contribution in [2.24, 2.45) is 14.1 Å². The van der Waals surface area contributed by atoms with Crippen molar-refractivity contribution < 1.29 is 0 Å². The molecule has 8 nitrogen and oxygen atoms in total. The summed E-state index contributed by atoms with van der Waals surface area (Å²) < 4.78 is 4.54. The smallest absolute Gasteiger partial charge is 0.332 e. The molecule has 8 heteroatoms. The number of anilines is 1. The lowest BCUT2D eigenvalue weighted by Gasteiger charge is -2.28. The number of fused-ring (bicyclic) bond motifs is 1. The van der Waals surface area contributed by atoms with E-state index in [0.717, 1.165) is 42.3 Å². The SMILES string of the molecule is C/C=C(/C)Cn1c(N2CCNCC2)nc2c1c(=O)n(C)c(=O)n2C. The van der Waals surface area contributed by atoms with Crippen molar-refractivity contribution in [3.63, 3.8) is 0 Å². The van der Waals surface area contributed by atoms with Crippen molar-refractivity contribution in [3.8, 4) is 0 Å². The van der Waals surface area contributed by atoms with E-state index in [1.807, 2.05) is 24.5 Å². The Morgan fingerprint density at radius 1 is 1.21 bits per heavy atom. The van der Waals surface area contributed by atoms with Gasteiger partial charge in [-0.25, -0.2) is 4.79 Å². The van der Waals surface area contributed by atoms with Gasteiger partial charge < -0.3 is 14.8 Å². The van der Waals surface area contributed by atoms with Crippen LogP contribution in [0.5, 0.6) is 0 Å². The largest absolute Gasteiger partial charge is 0.340 e. The number of nitrogens with one attached hydrogen (secondary N) is 1. The van der Waals surface area contributed by atoms with Gasteiger partial charge in [0.1, 0.15) is 0 Å². The lowest BCUT2D eigenvalue weighted by molar-refractivity contribution is 0.571. The van der Waals surface area contributed by atoms with E-state index in [9.17, 15) is 9.59 Å². The highest BCUT2D eigenvalue weighted by atomic mass is 16.2. The number of rotatable bonds is 3. The number of aromatic nitrogens is 4. The van der Waals surface area contributed by atoms with Crippen LogP contribution >= 0.6 is 0 Å². The number of allylic oxidation sites excluding steroid dienone is 2. The topological polar surface area (TPSA) is 77.1 Å². The minimum Gasteiger partial charge on any atom is -0.340 e. The minimum absolute atomic E-state index is 0.300. The van der Waals surface area contributed by atoms with Crippen LogP contribution in [0.1, 0.15) is 13.8 Å². The van der Waals surface area contributed by atoms with Crippen LogP contribution in [0, 0.1) is 0 Å². The predicted octanol–water partition coefficient (Wildman–Crippen LogP) is -0.190. The summed E-state index contributed by atoms with van der Waals surface area (Å²) in [5, 5.41) is 3.32. The normalized spacial score (nSPS) is 16.2. The quantitative estimate of drug-likeness (QED) is 0.789. The highest BCUT2D eigenvalue weighted by Crippen LogP contribution is 2.21. The van der Waals surface area contributed by atoms with Gasteiger partial charge in [-0.2, -0.15) is 4.98 Å². The Kier molecular flexibility index (Phi) is 4.31. The van der Waals surface area contributed by atoms with Crippen molar-refractivity contribution in [1.82, 2.24) is 24.0 Å². The number of imidazole rings is 1. The zero-order valence-corrected chi connectivity index (χ0v) is 14.7. The summed E-state index contributed by atoms with van der Waals surface area (Å²) in [6, 6.07) is 0. The standard InChI is InChI=1S/C16H24N6O2/c1-5-11(2)10-22-12-13(19(3)16(24)20(4)14(12)23)18-15(22)21-8-6-17-7-9-21/h5,17H,6-10H2,1-4H3/b11-5-. The first-order chi connectivity index (χ1) is 11.5. The fourth-order valence-electron chi connectivity index (χ4n) is 3.03. The molecule has 24 heavy (non-hydrogen) atoms. The fourth-order valence-corrected chi connectivity index (χ4v) is 3.03. The van der Waals surface area contributed by atoms with E-state index in [1.54, 1.807) is 7.05 Å². The van der Waals surface area contributed by atoms with Gasteiger partial charge in [0.2, 0.25) is 5.95 Å². The number of hydrogen-bond donors (Lipinski definition) is 1. The Bertz CT molecular complexity index is 911. The number of piperazine rings is 1. The lowest BCUT2D eigenvalue weighted by atomic mass is 10.3. The second kappa shape index (κ2) is 6.27. The highest BCUT2D eigenvalue weighted by molar-refractivity contribution is 5.74. The molecular formula is C16H24N6O2. The van der Waals surface area contributed by atoms with E-state index in [0.29, 0.717) is 17.7 Å². The van der Waals surface area contributed by atoms with Crippen LogP contribution in [0.15, 0.2) is 21.2 Å². The average molecular weight is 332 g/mol. The number of nitrogens with zero attached hydrogens (tertiary/aromatic N) is 5. The molecule has 0 unspecified atom stereocenters. The van der Waals surface area contributed by atoms with Crippen LogP contribution < -0.4 is 21.5 Å². The predicted molar refractivity (Wildman–Crippen MR) is 94.7 cm³/mol. The van der Waals surface area contributed by atoms with E-state index in [-0.39, 0.29) is 11.2 Å². The summed E-state index contributed by atoms with van der Waals surface area (Å²) >= 11 is 0. The number of hydrogen-bond acceptors (Lipinski definition) is 5. The van der Waals surface area contributed by atoms with Crippen LogP contribution in [-0.2, 0) is 20.6 Å². The first-order valence-electron chi connectivity index (χ1n) is 8.19. The Morgan fingerprint density at radius 3 is 2.50 bits per heavy atom. The van der Waals surface area contributed by atoms with Gasteiger partial charge in [-0.3, -0.25) is 13.9 Å². The van der Waals surface area contributed by atoms with Crippen LogP contribution in [0.2, 0.25) is 0 Å². The van der Waals surface area contributed by atoms with Crippen molar-refractivity contribution in [3.05, 3.63) is 32.5 Å². The van der Waals surface area contributed by atoms with Crippen molar-refractivity contribution in [2.75, 3.05) is 31.1 Å². The Hall–Kier alpha value is -2.35. The summed E-state index contributed by atoms with van der Waals surface area (Å²) in [4.78, 5) is 31.8. The molecule has 2 aromatic heterocycles. The molecule has 0 aliphatic carbocycles. The van der Waals surface area contributed by atoms with Gasteiger partial charge in [0, 0.05) is 46.8 Å². The third-order valence-corrected chi connectivity index (χ3v) is 4.63. The number of aryl methyl sites for hydroxylation is 1. The Morgan fingerprint density at radius 2 is 1.88 bits per heavy atom. The molecule has 3 rings (SSSR count). The monoisotopic (exact) mass is 332 g/mol. The second-order valence-corrected chi connectivity index (χ2v) is 6.25. The molecule has 2 aromatic rings. The van der Waals surface area contributed by atoms with Crippen LogP contribution in [0.4, 0.5) is 5.95 Å². The van der Waals surface area contributed by atoms with E-state index in [4.69, 9.17) is 0 Å². The van der Waals surface area contributed by atoms with Gasteiger partial charge in [-0.15, -0.1) is 0 Å². The van der Waals surface area contributed by atoms with Crippen molar-refractivity contribution >= 4 is 17.1 Å². The molecule has 0 radical (unpaired) electrons. The van der Waals surface area contributed by atoms with Crippen molar-refractivity contribution in [2.45, 2.75) is 20.4 Å². The van der Waals surface area contributed by atoms with E-state index >= 15 is 0 Å². The Labute approximate surface area is 140 Å². The third kappa shape index (κ3) is 2.56. The molecule has 1 aliphatic rings.